The molecule has 4 aromatic rings. The summed E-state index contributed by atoms with van der Waals surface area (Å²) in [6.07, 6.45) is 0.219. The predicted molar refractivity (Wildman–Crippen MR) is 132 cm³/mol. The molecule has 0 saturated heterocycles. The second-order valence-corrected chi connectivity index (χ2v) is 7.93. The van der Waals surface area contributed by atoms with Crippen molar-refractivity contribution in [3.63, 3.8) is 0 Å². The average molecular weight is 469 g/mol. The summed E-state index contributed by atoms with van der Waals surface area (Å²) in [5, 5.41) is 21.0. The lowest BCUT2D eigenvalue weighted by atomic mass is 9.94. The number of hydrogen-bond acceptors (Lipinski definition) is 6. The minimum atomic E-state index is -0.329. The molecule has 0 aliphatic heterocycles. The summed E-state index contributed by atoms with van der Waals surface area (Å²) in [5.41, 5.74) is 2.35. The first-order chi connectivity index (χ1) is 16.9. The SMILES string of the molecule is COc1cc(O)c(C(=O)c2ccccc2)cc1Cc1cc(C(=O)c2ccccc2)c(O)cc1OC. The Morgan fingerprint density at radius 2 is 1.00 bits per heavy atom. The Labute approximate surface area is 203 Å². The molecule has 2 N–H and O–H groups in total. The van der Waals surface area contributed by atoms with Gasteiger partial charge in [-0.05, 0) is 23.3 Å². The fourth-order valence-electron chi connectivity index (χ4n) is 3.94. The zero-order chi connectivity index (χ0) is 24.9. The Morgan fingerprint density at radius 3 is 1.34 bits per heavy atom. The maximum Gasteiger partial charge on any atom is 0.196 e. The summed E-state index contributed by atoms with van der Waals surface area (Å²) in [7, 11) is 2.94. The topological polar surface area (TPSA) is 93.1 Å². The van der Waals surface area contributed by atoms with Crippen LogP contribution < -0.4 is 9.47 Å². The molecule has 0 spiro atoms. The first-order valence-corrected chi connectivity index (χ1v) is 10.9. The van der Waals surface area contributed by atoms with E-state index >= 15 is 0 Å². The molecule has 4 aromatic carbocycles. The summed E-state index contributed by atoms with van der Waals surface area (Å²) in [4.78, 5) is 26.1. The molecule has 4 rings (SSSR count). The quantitative estimate of drug-likeness (QED) is 0.347. The van der Waals surface area contributed by atoms with E-state index in [2.05, 4.69) is 0 Å². The Kier molecular flexibility index (Phi) is 6.83. The second-order valence-electron chi connectivity index (χ2n) is 7.93. The van der Waals surface area contributed by atoms with Crippen molar-refractivity contribution in [1.82, 2.24) is 0 Å². The highest BCUT2D eigenvalue weighted by molar-refractivity contribution is 6.11. The zero-order valence-electron chi connectivity index (χ0n) is 19.3. The van der Waals surface area contributed by atoms with Crippen LogP contribution in [-0.2, 0) is 6.42 Å². The number of carbonyl (C=O) groups is 2. The molecule has 0 atom stereocenters. The minimum Gasteiger partial charge on any atom is -0.507 e. The fraction of sp³-hybridized carbons (Fsp3) is 0.103. The van der Waals surface area contributed by atoms with Gasteiger partial charge in [0.05, 0.1) is 25.3 Å². The summed E-state index contributed by atoms with van der Waals surface area (Å²) in [6, 6.07) is 23.3. The van der Waals surface area contributed by atoms with Gasteiger partial charge in [0.1, 0.15) is 23.0 Å². The van der Waals surface area contributed by atoms with Crippen molar-refractivity contribution in [3.8, 4) is 23.0 Å². The lowest BCUT2D eigenvalue weighted by molar-refractivity contribution is 0.102. The Hall–Kier alpha value is -4.58. The van der Waals surface area contributed by atoms with Gasteiger partial charge in [-0.1, -0.05) is 60.7 Å². The van der Waals surface area contributed by atoms with E-state index in [1.165, 1.54) is 26.4 Å². The second kappa shape index (κ2) is 10.1. The van der Waals surface area contributed by atoms with Gasteiger partial charge >= 0.3 is 0 Å². The Balaban J connectivity index is 1.77. The van der Waals surface area contributed by atoms with E-state index in [4.69, 9.17) is 9.47 Å². The van der Waals surface area contributed by atoms with Gasteiger partial charge in [-0.15, -0.1) is 0 Å². The normalized spacial score (nSPS) is 10.6. The Bertz CT molecular complexity index is 1270. The first-order valence-electron chi connectivity index (χ1n) is 10.9. The minimum absolute atomic E-state index is 0.130. The average Bonchev–Trinajstić information content (AvgIpc) is 2.90. The maximum atomic E-state index is 13.0. The molecule has 176 valence electrons. The number of phenolic OH excluding ortho intramolecular Hbond substituents is 2. The molecule has 0 saturated carbocycles. The molecule has 0 amide bonds. The number of phenols is 2. The third-order valence-corrected chi connectivity index (χ3v) is 5.74. The number of benzene rings is 4. The molecule has 0 fully saturated rings. The first kappa shape index (κ1) is 23.6. The highest BCUT2D eigenvalue weighted by Gasteiger charge is 2.21. The van der Waals surface area contributed by atoms with Crippen molar-refractivity contribution in [2.24, 2.45) is 0 Å². The number of aromatic hydroxyl groups is 2. The highest BCUT2D eigenvalue weighted by Crippen LogP contribution is 2.36. The van der Waals surface area contributed by atoms with Crippen LogP contribution in [0.25, 0.3) is 0 Å². The number of hydrogen-bond donors (Lipinski definition) is 2. The van der Waals surface area contributed by atoms with Crippen LogP contribution in [0.5, 0.6) is 23.0 Å². The molecule has 0 heterocycles. The van der Waals surface area contributed by atoms with E-state index in [-0.39, 0.29) is 40.6 Å². The van der Waals surface area contributed by atoms with Crippen molar-refractivity contribution < 1.29 is 29.3 Å². The number of carbonyl (C=O) groups excluding carboxylic acids is 2. The summed E-state index contributed by atoms with van der Waals surface area (Å²) in [6.45, 7) is 0. The maximum absolute atomic E-state index is 13.0. The molecular formula is C29H24O6. The molecule has 0 aliphatic rings. The lowest BCUT2D eigenvalue weighted by Gasteiger charge is -2.16. The van der Waals surface area contributed by atoms with Gasteiger partial charge < -0.3 is 19.7 Å². The molecule has 0 aliphatic carbocycles. The van der Waals surface area contributed by atoms with E-state index in [0.717, 1.165) is 0 Å². The molecule has 0 aromatic heterocycles. The van der Waals surface area contributed by atoms with Gasteiger partial charge in [0.15, 0.2) is 11.6 Å². The fourth-order valence-corrected chi connectivity index (χ4v) is 3.94. The smallest absolute Gasteiger partial charge is 0.196 e. The van der Waals surface area contributed by atoms with Crippen LogP contribution in [0.3, 0.4) is 0 Å². The van der Waals surface area contributed by atoms with E-state index in [9.17, 15) is 19.8 Å². The summed E-state index contributed by atoms with van der Waals surface area (Å²) in [5.74, 6) is -0.306. The highest BCUT2D eigenvalue weighted by atomic mass is 16.5. The molecular weight excluding hydrogens is 444 g/mol. The van der Waals surface area contributed by atoms with Crippen molar-refractivity contribution >= 4 is 11.6 Å². The van der Waals surface area contributed by atoms with Crippen molar-refractivity contribution in [2.75, 3.05) is 14.2 Å². The lowest BCUT2D eigenvalue weighted by Crippen LogP contribution is -2.06. The third-order valence-electron chi connectivity index (χ3n) is 5.74. The van der Waals surface area contributed by atoms with E-state index < -0.39 is 0 Å². The monoisotopic (exact) mass is 468 g/mol. The molecule has 6 nitrogen and oxygen atoms in total. The van der Waals surface area contributed by atoms with Crippen molar-refractivity contribution in [2.45, 2.75) is 6.42 Å². The van der Waals surface area contributed by atoms with Gasteiger partial charge in [0, 0.05) is 29.7 Å². The molecule has 0 bridgehead atoms. The van der Waals surface area contributed by atoms with Crippen molar-refractivity contribution in [1.29, 1.82) is 0 Å². The number of ketones is 2. The van der Waals surface area contributed by atoms with E-state index in [0.29, 0.717) is 33.8 Å². The number of rotatable bonds is 8. The number of ether oxygens (including phenoxy) is 2. The summed E-state index contributed by atoms with van der Waals surface area (Å²) < 4.78 is 10.9. The van der Waals surface area contributed by atoms with Crippen LogP contribution in [0.1, 0.15) is 43.0 Å². The van der Waals surface area contributed by atoms with Crippen LogP contribution in [0.2, 0.25) is 0 Å². The Morgan fingerprint density at radius 1 is 0.629 bits per heavy atom. The van der Waals surface area contributed by atoms with Crippen LogP contribution in [0, 0.1) is 0 Å². The van der Waals surface area contributed by atoms with Crippen LogP contribution in [0.15, 0.2) is 84.9 Å². The van der Waals surface area contributed by atoms with E-state index in [1.54, 1.807) is 60.7 Å². The molecule has 0 radical (unpaired) electrons. The predicted octanol–water partition coefficient (Wildman–Crippen LogP) is 5.17. The summed E-state index contributed by atoms with van der Waals surface area (Å²) >= 11 is 0. The van der Waals surface area contributed by atoms with Crippen molar-refractivity contribution in [3.05, 3.63) is 118 Å². The molecule has 35 heavy (non-hydrogen) atoms. The largest absolute Gasteiger partial charge is 0.507 e. The van der Waals surface area contributed by atoms with Gasteiger partial charge in [0.25, 0.3) is 0 Å². The van der Waals surface area contributed by atoms with Crippen LogP contribution >= 0.6 is 0 Å². The van der Waals surface area contributed by atoms with Gasteiger partial charge in [-0.25, -0.2) is 0 Å². The molecule has 0 unspecified atom stereocenters. The van der Waals surface area contributed by atoms with Crippen LogP contribution in [0.4, 0.5) is 0 Å². The molecule has 6 heteroatoms. The number of methoxy groups -OCH3 is 2. The van der Waals surface area contributed by atoms with Gasteiger partial charge in [-0.3, -0.25) is 9.59 Å². The van der Waals surface area contributed by atoms with Gasteiger partial charge in [0.2, 0.25) is 0 Å². The standard InChI is InChI=1S/C29H24O6/c1-34-26-16-24(30)22(28(32)18-9-5-3-6-10-18)14-20(26)13-21-15-23(25(31)17-27(21)35-2)29(33)19-11-7-4-8-12-19/h3-12,14-17,30-31H,13H2,1-2H3. The van der Waals surface area contributed by atoms with Crippen LogP contribution in [-0.4, -0.2) is 36.0 Å². The van der Waals surface area contributed by atoms with E-state index in [1.807, 2.05) is 12.1 Å². The third kappa shape index (κ3) is 4.87. The zero-order valence-corrected chi connectivity index (χ0v) is 19.3. The van der Waals surface area contributed by atoms with Gasteiger partial charge in [-0.2, -0.15) is 0 Å².